The van der Waals surface area contributed by atoms with Crippen molar-refractivity contribution in [2.75, 3.05) is 26.8 Å². The molecule has 5 heteroatoms. The van der Waals surface area contributed by atoms with Crippen LogP contribution >= 0.6 is 0 Å². The fourth-order valence-electron chi connectivity index (χ4n) is 2.98. The predicted molar refractivity (Wildman–Crippen MR) is 78.5 cm³/mol. The van der Waals surface area contributed by atoms with Crippen molar-refractivity contribution in [2.24, 2.45) is 0 Å². The van der Waals surface area contributed by atoms with Gasteiger partial charge in [0.05, 0.1) is 25.3 Å². The van der Waals surface area contributed by atoms with Crippen LogP contribution in [0.5, 0.6) is 5.75 Å². The Hall–Kier alpha value is -2.01. The van der Waals surface area contributed by atoms with Gasteiger partial charge in [-0.25, -0.2) is 9.80 Å². The highest BCUT2D eigenvalue weighted by atomic mass is 16.5. The zero-order chi connectivity index (χ0) is 14.8. The first-order chi connectivity index (χ1) is 10.2. The van der Waals surface area contributed by atoms with Gasteiger partial charge in [0.15, 0.2) is 0 Å². The molecule has 2 aliphatic rings. The maximum Gasteiger partial charge on any atom is 0.337 e. The van der Waals surface area contributed by atoms with Gasteiger partial charge in [0.1, 0.15) is 5.75 Å². The average Bonchev–Trinajstić information content (AvgIpc) is 3.08. The minimum atomic E-state index is -0.229. The van der Waals surface area contributed by atoms with Gasteiger partial charge in [-0.05, 0) is 31.0 Å². The van der Waals surface area contributed by atoms with Crippen LogP contribution in [0, 0.1) is 0 Å². The van der Waals surface area contributed by atoms with Crippen molar-refractivity contribution in [2.45, 2.75) is 19.4 Å². The topological polar surface area (TPSA) is 42.0 Å². The first kappa shape index (κ1) is 13.9. The number of carbonyl (C=O) groups excluding carboxylic acids is 1. The third-order valence-corrected chi connectivity index (χ3v) is 3.93. The van der Waals surface area contributed by atoms with Crippen LogP contribution < -0.4 is 4.74 Å². The van der Waals surface area contributed by atoms with E-state index in [9.17, 15) is 4.79 Å². The van der Waals surface area contributed by atoms with Crippen molar-refractivity contribution in [1.29, 1.82) is 0 Å². The molecule has 0 amide bonds. The van der Waals surface area contributed by atoms with Gasteiger partial charge >= 0.3 is 5.97 Å². The van der Waals surface area contributed by atoms with Gasteiger partial charge < -0.3 is 14.5 Å². The molecule has 1 aromatic rings. The molecule has 0 radical (unpaired) electrons. The lowest BCUT2D eigenvalue weighted by Crippen LogP contribution is -2.31. The summed E-state index contributed by atoms with van der Waals surface area (Å²) in [4.78, 5) is 12.2. The predicted octanol–water partition coefficient (Wildman–Crippen LogP) is 2.12. The van der Waals surface area contributed by atoms with Crippen LogP contribution in [0.15, 0.2) is 36.0 Å². The number of carbonyl (C=O) groups is 1. The van der Waals surface area contributed by atoms with E-state index in [1.807, 2.05) is 37.4 Å². The first-order valence-corrected chi connectivity index (χ1v) is 7.30. The SMILES string of the molecule is CCOC(=O)C1=CN2CCCN2C1c1ccc(OC)cc1. The van der Waals surface area contributed by atoms with E-state index in [-0.39, 0.29) is 12.0 Å². The van der Waals surface area contributed by atoms with E-state index in [0.29, 0.717) is 12.2 Å². The molecule has 2 aliphatic heterocycles. The number of benzene rings is 1. The van der Waals surface area contributed by atoms with Gasteiger partial charge in [0.25, 0.3) is 0 Å². The van der Waals surface area contributed by atoms with Crippen molar-refractivity contribution in [3.8, 4) is 5.75 Å². The second-order valence-electron chi connectivity index (χ2n) is 5.16. The highest BCUT2D eigenvalue weighted by Gasteiger charge is 2.40. The number of hydrogen-bond acceptors (Lipinski definition) is 5. The van der Waals surface area contributed by atoms with Crippen molar-refractivity contribution in [3.05, 3.63) is 41.6 Å². The van der Waals surface area contributed by atoms with Crippen LogP contribution in [-0.4, -0.2) is 42.8 Å². The molecule has 1 unspecified atom stereocenters. The average molecular weight is 288 g/mol. The number of nitrogens with zero attached hydrogens (tertiary/aromatic N) is 2. The number of hydrogen-bond donors (Lipinski definition) is 0. The van der Waals surface area contributed by atoms with Gasteiger partial charge in [0.2, 0.25) is 0 Å². The highest BCUT2D eigenvalue weighted by molar-refractivity contribution is 5.90. The van der Waals surface area contributed by atoms with E-state index in [1.165, 1.54) is 0 Å². The largest absolute Gasteiger partial charge is 0.497 e. The van der Waals surface area contributed by atoms with E-state index in [4.69, 9.17) is 9.47 Å². The molecule has 0 aliphatic carbocycles. The number of esters is 1. The Morgan fingerprint density at radius 3 is 2.71 bits per heavy atom. The maximum atomic E-state index is 12.2. The van der Waals surface area contributed by atoms with E-state index in [1.54, 1.807) is 7.11 Å². The van der Waals surface area contributed by atoms with Crippen molar-refractivity contribution in [1.82, 2.24) is 10.0 Å². The molecule has 0 aromatic heterocycles. The Morgan fingerprint density at radius 2 is 2.05 bits per heavy atom. The summed E-state index contributed by atoms with van der Waals surface area (Å²) in [7, 11) is 1.65. The smallest absolute Gasteiger partial charge is 0.337 e. The minimum Gasteiger partial charge on any atom is -0.497 e. The molecule has 21 heavy (non-hydrogen) atoms. The summed E-state index contributed by atoms with van der Waals surface area (Å²) in [5.74, 6) is 0.587. The maximum absolute atomic E-state index is 12.2. The van der Waals surface area contributed by atoms with Gasteiger partial charge in [0, 0.05) is 19.3 Å². The number of hydrazine groups is 1. The number of rotatable bonds is 4. The van der Waals surface area contributed by atoms with E-state index < -0.39 is 0 Å². The number of ether oxygens (including phenoxy) is 2. The van der Waals surface area contributed by atoms with Crippen LogP contribution in [0.25, 0.3) is 0 Å². The fraction of sp³-hybridized carbons (Fsp3) is 0.438. The van der Waals surface area contributed by atoms with Crippen LogP contribution in [0.4, 0.5) is 0 Å². The highest BCUT2D eigenvalue weighted by Crippen LogP contribution is 2.39. The van der Waals surface area contributed by atoms with E-state index in [0.717, 1.165) is 30.8 Å². The van der Waals surface area contributed by atoms with Crippen molar-refractivity contribution < 1.29 is 14.3 Å². The van der Waals surface area contributed by atoms with Crippen molar-refractivity contribution >= 4 is 5.97 Å². The fourth-order valence-corrected chi connectivity index (χ4v) is 2.98. The molecule has 5 nitrogen and oxygen atoms in total. The Labute approximate surface area is 124 Å². The molecule has 0 N–H and O–H groups in total. The van der Waals surface area contributed by atoms with Crippen LogP contribution in [-0.2, 0) is 9.53 Å². The van der Waals surface area contributed by atoms with E-state index >= 15 is 0 Å². The molecule has 0 spiro atoms. The third kappa shape index (κ3) is 2.49. The zero-order valence-corrected chi connectivity index (χ0v) is 12.4. The summed E-state index contributed by atoms with van der Waals surface area (Å²) in [5, 5.41) is 4.36. The standard InChI is InChI=1S/C16H20N2O3/c1-3-21-16(19)14-11-17-9-4-10-18(17)15(14)12-5-7-13(20-2)8-6-12/h5-8,11,15H,3-4,9-10H2,1-2H3. The quantitative estimate of drug-likeness (QED) is 0.794. The number of fused-ring (bicyclic) bond motifs is 1. The van der Waals surface area contributed by atoms with Crippen molar-refractivity contribution in [3.63, 3.8) is 0 Å². The lowest BCUT2D eigenvalue weighted by Gasteiger charge is -2.27. The summed E-state index contributed by atoms with van der Waals surface area (Å²) in [5.41, 5.74) is 1.79. The molecule has 1 aromatic carbocycles. The second kappa shape index (κ2) is 5.77. The van der Waals surface area contributed by atoms with Crippen LogP contribution in [0.2, 0.25) is 0 Å². The lowest BCUT2D eigenvalue weighted by atomic mass is 9.99. The van der Waals surface area contributed by atoms with Gasteiger partial charge in [-0.3, -0.25) is 0 Å². The molecule has 2 heterocycles. The molecule has 1 fully saturated rings. The molecule has 112 valence electrons. The molecule has 0 bridgehead atoms. The summed E-state index contributed by atoms with van der Waals surface area (Å²) in [6, 6.07) is 7.82. The van der Waals surface area contributed by atoms with Crippen LogP contribution in [0.1, 0.15) is 24.9 Å². The molecule has 1 saturated heterocycles. The molecule has 0 saturated carbocycles. The summed E-state index contributed by atoms with van der Waals surface area (Å²) in [6.07, 6.45) is 3.04. The number of methoxy groups -OCH3 is 1. The normalized spacial score (nSPS) is 21.1. The summed E-state index contributed by atoms with van der Waals surface area (Å²) < 4.78 is 10.4. The minimum absolute atomic E-state index is 0.0579. The Morgan fingerprint density at radius 1 is 1.29 bits per heavy atom. The van der Waals surface area contributed by atoms with E-state index in [2.05, 4.69) is 10.0 Å². The molecule has 3 rings (SSSR count). The molecular weight excluding hydrogens is 268 g/mol. The Kier molecular flexibility index (Phi) is 3.84. The molecular formula is C16H20N2O3. The van der Waals surface area contributed by atoms with Gasteiger partial charge in [-0.2, -0.15) is 0 Å². The van der Waals surface area contributed by atoms with Gasteiger partial charge in [-0.15, -0.1) is 0 Å². The summed E-state index contributed by atoms with van der Waals surface area (Å²) >= 11 is 0. The second-order valence-corrected chi connectivity index (χ2v) is 5.16. The monoisotopic (exact) mass is 288 g/mol. The Balaban J connectivity index is 1.92. The molecule has 1 atom stereocenters. The zero-order valence-electron chi connectivity index (χ0n) is 12.4. The van der Waals surface area contributed by atoms with Gasteiger partial charge in [-0.1, -0.05) is 12.1 Å². The van der Waals surface area contributed by atoms with Crippen LogP contribution in [0.3, 0.4) is 0 Å². The lowest BCUT2D eigenvalue weighted by molar-refractivity contribution is -0.139. The third-order valence-electron chi connectivity index (χ3n) is 3.93. The first-order valence-electron chi connectivity index (χ1n) is 7.30. The Bertz CT molecular complexity index is 553. The summed E-state index contributed by atoms with van der Waals surface area (Å²) in [6.45, 7) is 4.13.